The zero-order valence-corrected chi connectivity index (χ0v) is 15.6. The summed E-state index contributed by atoms with van der Waals surface area (Å²) in [5.74, 6) is 1.34. The second-order valence-corrected chi connectivity index (χ2v) is 6.30. The van der Waals surface area contributed by atoms with Crippen LogP contribution in [-0.2, 0) is 17.9 Å². The Hall–Kier alpha value is -3.28. The highest BCUT2D eigenvalue weighted by atomic mass is 16.5. The monoisotopic (exact) mass is 366 g/mol. The molecule has 0 atom stereocenters. The van der Waals surface area contributed by atoms with Gasteiger partial charge < -0.3 is 19.4 Å². The quantitative estimate of drug-likeness (QED) is 0.728. The van der Waals surface area contributed by atoms with Crippen LogP contribution in [0.2, 0.25) is 0 Å². The van der Waals surface area contributed by atoms with Crippen molar-refractivity contribution in [2.45, 2.75) is 20.0 Å². The molecular weight excluding hydrogens is 344 g/mol. The van der Waals surface area contributed by atoms with Crippen LogP contribution in [-0.4, -0.2) is 30.0 Å². The summed E-state index contributed by atoms with van der Waals surface area (Å²) >= 11 is 0. The molecule has 0 saturated heterocycles. The van der Waals surface area contributed by atoms with Crippen molar-refractivity contribution in [1.82, 2.24) is 9.88 Å². The van der Waals surface area contributed by atoms with Gasteiger partial charge in [0.2, 0.25) is 5.91 Å². The number of carbonyl (C=O) groups is 1. The van der Waals surface area contributed by atoms with Crippen LogP contribution >= 0.6 is 0 Å². The fourth-order valence-electron chi connectivity index (χ4n) is 2.91. The molecule has 140 valence electrons. The number of nitrogens with one attached hydrogen (secondary N) is 1. The van der Waals surface area contributed by atoms with Crippen molar-refractivity contribution in [1.29, 1.82) is 0 Å². The number of H-pyrrole nitrogens is 1. The first-order valence-corrected chi connectivity index (χ1v) is 8.58. The number of carbonyl (C=O) groups excluding carboxylic acids is 1. The van der Waals surface area contributed by atoms with Gasteiger partial charge >= 0.3 is 0 Å². The Morgan fingerprint density at radius 3 is 2.26 bits per heavy atom. The van der Waals surface area contributed by atoms with Gasteiger partial charge in [0.05, 0.1) is 26.3 Å². The van der Waals surface area contributed by atoms with E-state index in [4.69, 9.17) is 9.47 Å². The van der Waals surface area contributed by atoms with Crippen LogP contribution in [0.15, 0.2) is 53.3 Å². The van der Waals surface area contributed by atoms with E-state index in [0.29, 0.717) is 23.4 Å². The van der Waals surface area contributed by atoms with Crippen molar-refractivity contribution in [3.8, 4) is 11.5 Å². The summed E-state index contributed by atoms with van der Waals surface area (Å²) in [4.78, 5) is 29.1. The molecule has 2 aromatic carbocycles. The normalized spacial score (nSPS) is 10.6. The summed E-state index contributed by atoms with van der Waals surface area (Å²) in [6.07, 6.45) is 0. The minimum atomic E-state index is -0.211. The van der Waals surface area contributed by atoms with Crippen molar-refractivity contribution in [3.05, 3.63) is 70.0 Å². The van der Waals surface area contributed by atoms with E-state index in [0.717, 1.165) is 16.7 Å². The fraction of sp³-hybridized carbons (Fsp3) is 0.238. The van der Waals surface area contributed by atoms with Crippen LogP contribution in [0.1, 0.15) is 18.1 Å². The fourth-order valence-corrected chi connectivity index (χ4v) is 2.91. The molecule has 0 bridgehead atoms. The third kappa shape index (κ3) is 4.28. The molecule has 1 heterocycles. The molecule has 27 heavy (non-hydrogen) atoms. The number of rotatable bonds is 6. The highest BCUT2D eigenvalue weighted by Crippen LogP contribution is 2.19. The molecule has 0 unspecified atom stereocenters. The molecule has 0 aliphatic rings. The van der Waals surface area contributed by atoms with E-state index in [-0.39, 0.29) is 18.0 Å². The van der Waals surface area contributed by atoms with Crippen LogP contribution in [0.4, 0.5) is 0 Å². The minimum absolute atomic E-state index is 0.0972. The molecule has 1 aromatic heterocycles. The van der Waals surface area contributed by atoms with Gasteiger partial charge in [-0.3, -0.25) is 9.59 Å². The molecule has 0 fully saturated rings. The Labute approximate surface area is 157 Å². The maximum Gasteiger partial charge on any atom is 0.253 e. The summed E-state index contributed by atoms with van der Waals surface area (Å²) in [7, 11) is 3.19. The van der Waals surface area contributed by atoms with Gasteiger partial charge in [-0.25, -0.2) is 0 Å². The molecule has 6 heteroatoms. The molecule has 0 aliphatic carbocycles. The zero-order chi connectivity index (χ0) is 19.4. The number of aromatic amines is 1. The van der Waals surface area contributed by atoms with Crippen LogP contribution in [0.25, 0.3) is 10.9 Å². The van der Waals surface area contributed by atoms with Crippen molar-refractivity contribution in [3.63, 3.8) is 0 Å². The number of amides is 1. The lowest BCUT2D eigenvalue weighted by atomic mass is 10.1. The molecule has 3 aromatic rings. The van der Waals surface area contributed by atoms with Gasteiger partial charge in [0.1, 0.15) is 11.5 Å². The number of benzene rings is 2. The topological polar surface area (TPSA) is 71.6 Å². The lowest BCUT2D eigenvalue weighted by Crippen LogP contribution is -2.30. The standard InChI is InChI=1S/C21H22N2O4/c1-14(24)23(12-15-4-7-18(26-2)8-5-15)13-17-10-16-6-9-19(27-3)11-20(16)22-21(17)25/h4-11H,12-13H2,1-3H3,(H,22,25). The summed E-state index contributed by atoms with van der Waals surface area (Å²) in [5, 5.41) is 0.887. The molecule has 0 aliphatic heterocycles. The highest BCUT2D eigenvalue weighted by Gasteiger charge is 2.13. The van der Waals surface area contributed by atoms with E-state index >= 15 is 0 Å². The Balaban J connectivity index is 1.86. The number of pyridine rings is 1. The van der Waals surface area contributed by atoms with Crippen LogP contribution < -0.4 is 15.0 Å². The SMILES string of the molecule is COc1ccc(CN(Cc2cc3ccc(OC)cc3[nH]c2=O)C(C)=O)cc1. The van der Waals surface area contributed by atoms with E-state index in [2.05, 4.69) is 4.98 Å². The van der Waals surface area contributed by atoms with Crippen LogP contribution in [0, 0.1) is 0 Å². The number of aromatic nitrogens is 1. The molecule has 6 nitrogen and oxygen atoms in total. The first-order valence-electron chi connectivity index (χ1n) is 8.58. The number of hydrogen-bond acceptors (Lipinski definition) is 4. The van der Waals surface area contributed by atoms with Gasteiger partial charge in [0, 0.05) is 25.1 Å². The maximum atomic E-state index is 12.5. The number of nitrogens with zero attached hydrogens (tertiary/aromatic N) is 1. The van der Waals surface area contributed by atoms with Gasteiger partial charge in [0.15, 0.2) is 0 Å². The second-order valence-electron chi connectivity index (χ2n) is 6.30. The largest absolute Gasteiger partial charge is 0.497 e. The van der Waals surface area contributed by atoms with E-state index in [1.54, 1.807) is 25.2 Å². The third-order valence-electron chi connectivity index (χ3n) is 4.47. The summed E-state index contributed by atoms with van der Waals surface area (Å²) < 4.78 is 10.3. The Morgan fingerprint density at radius 2 is 1.63 bits per heavy atom. The first kappa shape index (κ1) is 18.5. The Kier molecular flexibility index (Phi) is 5.45. The van der Waals surface area contributed by atoms with Gasteiger partial charge in [-0.1, -0.05) is 12.1 Å². The molecule has 0 radical (unpaired) electrons. The minimum Gasteiger partial charge on any atom is -0.497 e. The van der Waals surface area contributed by atoms with Crippen molar-refractivity contribution < 1.29 is 14.3 Å². The lowest BCUT2D eigenvalue weighted by Gasteiger charge is -2.21. The van der Waals surface area contributed by atoms with E-state index in [1.165, 1.54) is 6.92 Å². The van der Waals surface area contributed by atoms with Gasteiger partial charge in [-0.2, -0.15) is 0 Å². The Morgan fingerprint density at radius 1 is 0.963 bits per heavy atom. The Bertz CT molecular complexity index is 1010. The molecule has 0 spiro atoms. The number of ether oxygens (including phenoxy) is 2. The number of methoxy groups -OCH3 is 2. The van der Waals surface area contributed by atoms with Crippen molar-refractivity contribution in [2.75, 3.05) is 14.2 Å². The van der Waals surface area contributed by atoms with Gasteiger partial charge in [-0.15, -0.1) is 0 Å². The van der Waals surface area contributed by atoms with E-state index in [9.17, 15) is 9.59 Å². The molecule has 3 rings (SSSR count). The molecule has 0 saturated carbocycles. The van der Waals surface area contributed by atoms with Crippen LogP contribution in [0.3, 0.4) is 0 Å². The van der Waals surface area contributed by atoms with Crippen LogP contribution in [0.5, 0.6) is 11.5 Å². The van der Waals surface area contributed by atoms with E-state index in [1.807, 2.05) is 42.5 Å². The smallest absolute Gasteiger partial charge is 0.253 e. The molecular formula is C21H22N2O4. The third-order valence-corrected chi connectivity index (χ3v) is 4.47. The van der Waals surface area contributed by atoms with Gasteiger partial charge in [-0.05, 0) is 41.3 Å². The summed E-state index contributed by atoms with van der Waals surface area (Å²) in [5.41, 5.74) is 1.99. The van der Waals surface area contributed by atoms with E-state index < -0.39 is 0 Å². The molecule has 1 N–H and O–H groups in total. The predicted octanol–water partition coefficient (Wildman–Crippen LogP) is 3.09. The maximum absolute atomic E-state index is 12.5. The lowest BCUT2D eigenvalue weighted by molar-refractivity contribution is -0.130. The number of fused-ring (bicyclic) bond motifs is 1. The summed E-state index contributed by atoms with van der Waals surface area (Å²) in [6.45, 7) is 2.15. The first-order chi connectivity index (χ1) is 13.0. The highest BCUT2D eigenvalue weighted by molar-refractivity contribution is 5.80. The predicted molar refractivity (Wildman–Crippen MR) is 104 cm³/mol. The van der Waals surface area contributed by atoms with Crippen molar-refractivity contribution >= 4 is 16.8 Å². The molecule has 1 amide bonds. The second kappa shape index (κ2) is 7.95. The average Bonchev–Trinajstić information content (AvgIpc) is 2.68. The van der Waals surface area contributed by atoms with Crippen molar-refractivity contribution in [2.24, 2.45) is 0 Å². The summed E-state index contributed by atoms with van der Waals surface area (Å²) in [6, 6.07) is 14.8. The zero-order valence-electron chi connectivity index (χ0n) is 15.6. The average molecular weight is 366 g/mol. The number of hydrogen-bond donors (Lipinski definition) is 1. The van der Waals surface area contributed by atoms with Gasteiger partial charge in [0.25, 0.3) is 5.56 Å².